The lowest BCUT2D eigenvalue weighted by atomic mass is 10.0. The van der Waals surface area contributed by atoms with Crippen molar-refractivity contribution in [2.45, 2.75) is 51.7 Å². The zero-order valence-electron chi connectivity index (χ0n) is 9.18. The average Bonchev–Trinajstić information content (AvgIpc) is 2.01. The van der Waals surface area contributed by atoms with Crippen LogP contribution < -0.4 is 5.73 Å². The number of hydrogen-bond acceptors (Lipinski definition) is 3. The van der Waals surface area contributed by atoms with E-state index in [-0.39, 0.29) is 6.42 Å². The van der Waals surface area contributed by atoms with Crippen LogP contribution in [0.5, 0.6) is 0 Å². The van der Waals surface area contributed by atoms with Crippen LogP contribution in [0.2, 0.25) is 0 Å². The van der Waals surface area contributed by atoms with Gasteiger partial charge in [-0.3, -0.25) is 4.79 Å². The molecule has 0 aromatic carbocycles. The summed E-state index contributed by atoms with van der Waals surface area (Å²) in [5.41, 5.74) is 4.04. The normalized spacial score (nSPS) is 13.8. The molecule has 2 N–H and O–H groups in total. The van der Waals surface area contributed by atoms with Gasteiger partial charge in [0, 0.05) is 6.42 Å². The van der Waals surface area contributed by atoms with Crippen molar-refractivity contribution in [2.24, 2.45) is 5.73 Å². The third kappa shape index (κ3) is 6.83. The quantitative estimate of drug-likeness (QED) is 0.531. The Morgan fingerprint density at radius 2 is 2.14 bits per heavy atom. The van der Waals surface area contributed by atoms with Crippen molar-refractivity contribution < 1.29 is 13.9 Å². The lowest BCUT2D eigenvalue weighted by molar-refractivity contribution is -0.146. The Morgan fingerprint density at radius 1 is 1.57 bits per heavy atom. The smallest absolute Gasteiger partial charge is 0.323 e. The molecule has 0 bridgehead atoms. The highest BCUT2D eigenvalue weighted by Crippen LogP contribution is 2.15. The molecule has 1 atom stereocenters. The van der Waals surface area contributed by atoms with E-state index in [1.54, 1.807) is 0 Å². The maximum Gasteiger partial charge on any atom is 0.323 e. The highest BCUT2D eigenvalue weighted by molar-refractivity contribution is 5.75. The van der Waals surface area contributed by atoms with Gasteiger partial charge in [-0.2, -0.15) is 0 Å². The van der Waals surface area contributed by atoms with Gasteiger partial charge in [0.1, 0.15) is 11.7 Å². The number of halogens is 1. The number of rotatable bonds is 6. The lowest BCUT2D eigenvalue weighted by Crippen LogP contribution is -2.37. The van der Waals surface area contributed by atoms with Gasteiger partial charge < -0.3 is 10.5 Å². The number of unbranched alkanes of at least 4 members (excludes halogenated alkanes) is 1. The monoisotopic (exact) mass is 205 g/mol. The molecule has 0 radical (unpaired) electrons. The third-order valence-electron chi connectivity index (χ3n) is 1.75. The molecule has 0 aromatic rings. The Hall–Kier alpha value is -0.640. The van der Waals surface area contributed by atoms with Gasteiger partial charge >= 0.3 is 5.97 Å². The van der Waals surface area contributed by atoms with E-state index in [0.717, 1.165) is 12.8 Å². The lowest BCUT2D eigenvalue weighted by Gasteiger charge is -2.18. The molecule has 0 saturated heterocycles. The summed E-state index contributed by atoms with van der Waals surface area (Å²) in [6, 6.07) is -0.855. The first-order valence-corrected chi connectivity index (χ1v) is 4.98. The van der Waals surface area contributed by atoms with Crippen LogP contribution in [-0.2, 0) is 9.53 Å². The van der Waals surface area contributed by atoms with Gasteiger partial charge in [0.05, 0.1) is 6.61 Å². The predicted molar refractivity (Wildman–Crippen MR) is 53.6 cm³/mol. The molecule has 0 aromatic heterocycles. The molecule has 0 aliphatic heterocycles. The van der Waals surface area contributed by atoms with E-state index >= 15 is 0 Å². The highest BCUT2D eigenvalue weighted by atomic mass is 19.1. The van der Waals surface area contributed by atoms with Crippen molar-refractivity contribution in [3.05, 3.63) is 0 Å². The largest absolute Gasteiger partial charge is 0.465 e. The zero-order chi connectivity index (χ0) is 11.2. The topological polar surface area (TPSA) is 52.3 Å². The standard InChI is InChI=1S/C10H20FNO2/c1-4-5-6-14-9(13)8(12)7-10(2,3)11/h8H,4-7,12H2,1-3H3/t8-/m0/s1. The van der Waals surface area contributed by atoms with Crippen LogP contribution in [0.4, 0.5) is 4.39 Å². The second-order valence-corrected chi connectivity index (χ2v) is 4.05. The summed E-state index contributed by atoms with van der Waals surface area (Å²) in [4.78, 5) is 11.2. The summed E-state index contributed by atoms with van der Waals surface area (Å²) >= 11 is 0. The van der Waals surface area contributed by atoms with Gasteiger partial charge in [-0.1, -0.05) is 13.3 Å². The van der Waals surface area contributed by atoms with Gasteiger partial charge in [0.25, 0.3) is 0 Å². The molecule has 0 rings (SSSR count). The van der Waals surface area contributed by atoms with Gasteiger partial charge in [-0.05, 0) is 20.3 Å². The minimum absolute atomic E-state index is 0.00203. The molecule has 0 spiro atoms. The van der Waals surface area contributed by atoms with Crippen molar-refractivity contribution in [3.63, 3.8) is 0 Å². The van der Waals surface area contributed by atoms with Crippen molar-refractivity contribution in [1.82, 2.24) is 0 Å². The maximum absolute atomic E-state index is 13.1. The Morgan fingerprint density at radius 3 is 2.57 bits per heavy atom. The van der Waals surface area contributed by atoms with E-state index in [1.807, 2.05) is 6.92 Å². The molecule has 14 heavy (non-hydrogen) atoms. The molecule has 84 valence electrons. The maximum atomic E-state index is 13.1. The van der Waals surface area contributed by atoms with Gasteiger partial charge in [-0.15, -0.1) is 0 Å². The number of esters is 1. The number of carbonyl (C=O) groups excluding carboxylic acids is 1. The van der Waals surface area contributed by atoms with Crippen molar-refractivity contribution in [2.75, 3.05) is 6.61 Å². The minimum atomic E-state index is -1.43. The van der Waals surface area contributed by atoms with Crippen molar-refractivity contribution in [1.29, 1.82) is 0 Å². The molecule has 0 fully saturated rings. The van der Waals surface area contributed by atoms with Gasteiger partial charge in [0.15, 0.2) is 0 Å². The SMILES string of the molecule is CCCCOC(=O)[C@@H](N)CC(C)(C)F. The van der Waals surface area contributed by atoms with Crippen LogP contribution in [0.25, 0.3) is 0 Å². The Labute approximate surface area is 84.8 Å². The minimum Gasteiger partial charge on any atom is -0.465 e. The fourth-order valence-electron chi connectivity index (χ4n) is 1.03. The van der Waals surface area contributed by atoms with E-state index < -0.39 is 17.7 Å². The second-order valence-electron chi connectivity index (χ2n) is 4.05. The molecule has 0 unspecified atom stereocenters. The van der Waals surface area contributed by atoms with Crippen molar-refractivity contribution >= 4 is 5.97 Å². The molecule has 4 heteroatoms. The van der Waals surface area contributed by atoms with Crippen LogP contribution in [0.3, 0.4) is 0 Å². The Bertz CT molecular complexity index is 177. The number of alkyl halides is 1. The molecule has 0 heterocycles. The molecule has 0 aliphatic carbocycles. The fourth-order valence-corrected chi connectivity index (χ4v) is 1.03. The van der Waals surface area contributed by atoms with E-state index in [1.165, 1.54) is 13.8 Å². The summed E-state index contributed by atoms with van der Waals surface area (Å²) in [7, 11) is 0. The van der Waals surface area contributed by atoms with E-state index in [0.29, 0.717) is 6.61 Å². The first-order chi connectivity index (χ1) is 6.37. The summed E-state index contributed by atoms with van der Waals surface area (Å²) in [5.74, 6) is -0.510. The molecule has 3 nitrogen and oxygen atoms in total. The second kappa shape index (κ2) is 5.96. The van der Waals surface area contributed by atoms with Crippen LogP contribution in [0.1, 0.15) is 40.0 Å². The van der Waals surface area contributed by atoms with Gasteiger partial charge in [0.2, 0.25) is 0 Å². The number of hydrogen-bond donors (Lipinski definition) is 1. The molecule has 0 aliphatic rings. The summed E-state index contributed by atoms with van der Waals surface area (Å²) in [6.45, 7) is 5.16. The Balaban J connectivity index is 3.77. The zero-order valence-corrected chi connectivity index (χ0v) is 9.18. The molecular formula is C10H20FNO2. The summed E-state index contributed by atoms with van der Waals surface area (Å²) in [6.07, 6.45) is 1.77. The van der Waals surface area contributed by atoms with Crippen LogP contribution in [0.15, 0.2) is 0 Å². The van der Waals surface area contributed by atoms with Crippen LogP contribution >= 0.6 is 0 Å². The van der Waals surface area contributed by atoms with Crippen LogP contribution in [-0.4, -0.2) is 24.3 Å². The Kier molecular flexibility index (Phi) is 5.69. The molecule has 0 saturated carbocycles. The van der Waals surface area contributed by atoms with Gasteiger partial charge in [-0.25, -0.2) is 4.39 Å². The number of ether oxygens (including phenoxy) is 1. The summed E-state index contributed by atoms with van der Waals surface area (Å²) < 4.78 is 18.0. The summed E-state index contributed by atoms with van der Waals surface area (Å²) in [5, 5.41) is 0. The van der Waals surface area contributed by atoms with E-state index in [9.17, 15) is 9.18 Å². The van der Waals surface area contributed by atoms with E-state index in [4.69, 9.17) is 10.5 Å². The first-order valence-electron chi connectivity index (χ1n) is 4.98. The predicted octanol–water partition coefficient (Wildman–Crippen LogP) is 1.80. The highest BCUT2D eigenvalue weighted by Gasteiger charge is 2.25. The van der Waals surface area contributed by atoms with E-state index in [2.05, 4.69) is 0 Å². The number of carbonyl (C=O) groups is 1. The molecular weight excluding hydrogens is 185 g/mol. The molecule has 0 amide bonds. The average molecular weight is 205 g/mol. The fraction of sp³-hybridized carbons (Fsp3) is 0.900. The first kappa shape index (κ1) is 13.4. The van der Waals surface area contributed by atoms with Crippen LogP contribution in [0, 0.1) is 0 Å². The number of nitrogens with two attached hydrogens (primary N) is 1. The van der Waals surface area contributed by atoms with Crippen molar-refractivity contribution in [3.8, 4) is 0 Å². The third-order valence-corrected chi connectivity index (χ3v) is 1.75.